The maximum atomic E-state index is 5.99. The van der Waals surface area contributed by atoms with Crippen LogP contribution in [0.2, 0.25) is 0 Å². The van der Waals surface area contributed by atoms with Crippen LogP contribution in [0.1, 0.15) is 28.9 Å². The van der Waals surface area contributed by atoms with Gasteiger partial charge < -0.3 is 19.8 Å². The van der Waals surface area contributed by atoms with E-state index in [1.807, 2.05) is 36.4 Å². The fourth-order valence-corrected chi connectivity index (χ4v) is 3.64. The van der Waals surface area contributed by atoms with Crippen molar-refractivity contribution < 1.29 is 9.47 Å². The van der Waals surface area contributed by atoms with E-state index in [4.69, 9.17) is 9.47 Å². The molecule has 0 unspecified atom stereocenters. The van der Waals surface area contributed by atoms with Crippen LogP contribution in [-0.2, 0) is 19.6 Å². The fourth-order valence-electron chi connectivity index (χ4n) is 3.64. The van der Waals surface area contributed by atoms with Gasteiger partial charge in [0, 0.05) is 13.0 Å². The van der Waals surface area contributed by atoms with Crippen molar-refractivity contribution in [3.63, 3.8) is 0 Å². The minimum absolute atomic E-state index is 0.525. The molecule has 5 nitrogen and oxygen atoms in total. The van der Waals surface area contributed by atoms with E-state index in [2.05, 4.69) is 52.5 Å². The standard InChI is InChI=1S/C26H29N3O2/c1-19-7-5-8-21(15-19)18-31-24-13-12-20(16-25(24)30-2)17-27-14-6-11-26-28-22-9-3-4-10-23(22)29-26/h3-5,7-10,12-13,15-16,27H,6,11,14,17-18H2,1-2H3,(H,28,29). The molecule has 31 heavy (non-hydrogen) atoms. The molecule has 4 aromatic rings. The number of hydrogen-bond donors (Lipinski definition) is 2. The first-order chi connectivity index (χ1) is 15.2. The van der Waals surface area contributed by atoms with Crippen LogP contribution < -0.4 is 14.8 Å². The molecular weight excluding hydrogens is 386 g/mol. The lowest BCUT2D eigenvalue weighted by atomic mass is 10.1. The third-order valence-corrected chi connectivity index (χ3v) is 5.24. The first kappa shape index (κ1) is 20.9. The summed E-state index contributed by atoms with van der Waals surface area (Å²) in [6.45, 7) is 4.32. The number of fused-ring (bicyclic) bond motifs is 1. The van der Waals surface area contributed by atoms with Crippen LogP contribution in [-0.4, -0.2) is 23.6 Å². The average molecular weight is 416 g/mol. The van der Waals surface area contributed by atoms with Crippen LogP contribution in [0.3, 0.4) is 0 Å². The Morgan fingerprint density at radius 3 is 2.68 bits per heavy atom. The van der Waals surface area contributed by atoms with E-state index in [0.717, 1.165) is 59.9 Å². The van der Waals surface area contributed by atoms with E-state index in [0.29, 0.717) is 6.61 Å². The van der Waals surface area contributed by atoms with Gasteiger partial charge in [-0.3, -0.25) is 0 Å². The fraction of sp³-hybridized carbons (Fsp3) is 0.269. The van der Waals surface area contributed by atoms with Gasteiger partial charge in [0.05, 0.1) is 18.1 Å². The van der Waals surface area contributed by atoms with Crippen molar-refractivity contribution in [3.8, 4) is 11.5 Å². The number of nitrogens with zero attached hydrogens (tertiary/aromatic N) is 1. The largest absolute Gasteiger partial charge is 0.493 e. The van der Waals surface area contributed by atoms with Crippen molar-refractivity contribution in [1.82, 2.24) is 15.3 Å². The Morgan fingerprint density at radius 2 is 1.84 bits per heavy atom. The van der Waals surface area contributed by atoms with Crippen LogP contribution in [0.25, 0.3) is 11.0 Å². The second-order valence-electron chi connectivity index (χ2n) is 7.74. The van der Waals surface area contributed by atoms with Crippen LogP contribution >= 0.6 is 0 Å². The predicted octanol–water partition coefficient (Wildman–Crippen LogP) is 5.18. The molecule has 0 bridgehead atoms. The average Bonchev–Trinajstić information content (AvgIpc) is 3.20. The summed E-state index contributed by atoms with van der Waals surface area (Å²) in [6.07, 6.45) is 1.95. The Bertz CT molecular complexity index is 1100. The zero-order valence-electron chi connectivity index (χ0n) is 18.2. The smallest absolute Gasteiger partial charge is 0.161 e. The Morgan fingerprint density at radius 1 is 0.935 bits per heavy atom. The highest BCUT2D eigenvalue weighted by Gasteiger charge is 2.07. The topological polar surface area (TPSA) is 59.2 Å². The lowest BCUT2D eigenvalue weighted by molar-refractivity contribution is 0.284. The molecule has 1 aromatic heterocycles. The van der Waals surface area contributed by atoms with Crippen LogP contribution in [0.4, 0.5) is 0 Å². The summed E-state index contributed by atoms with van der Waals surface area (Å²) < 4.78 is 11.5. The zero-order chi connectivity index (χ0) is 21.5. The lowest BCUT2D eigenvalue weighted by Gasteiger charge is -2.13. The number of imidazole rings is 1. The minimum Gasteiger partial charge on any atom is -0.493 e. The van der Waals surface area contributed by atoms with Gasteiger partial charge in [0.2, 0.25) is 0 Å². The van der Waals surface area contributed by atoms with Gasteiger partial charge in [0.15, 0.2) is 11.5 Å². The molecule has 2 N–H and O–H groups in total. The van der Waals surface area contributed by atoms with Crippen LogP contribution in [0.15, 0.2) is 66.7 Å². The molecule has 0 radical (unpaired) electrons. The normalized spacial score (nSPS) is 11.0. The summed E-state index contributed by atoms with van der Waals surface area (Å²) >= 11 is 0. The van der Waals surface area contributed by atoms with Gasteiger partial charge in [-0.15, -0.1) is 0 Å². The molecule has 0 aliphatic carbocycles. The molecule has 0 spiro atoms. The lowest BCUT2D eigenvalue weighted by Crippen LogP contribution is -2.15. The number of aromatic amines is 1. The van der Waals surface area contributed by atoms with E-state index in [-0.39, 0.29) is 0 Å². The maximum absolute atomic E-state index is 5.99. The van der Waals surface area contributed by atoms with E-state index in [9.17, 15) is 0 Å². The minimum atomic E-state index is 0.525. The Hall–Kier alpha value is -3.31. The van der Waals surface area contributed by atoms with Crippen molar-refractivity contribution in [2.45, 2.75) is 32.9 Å². The van der Waals surface area contributed by atoms with E-state index in [1.54, 1.807) is 7.11 Å². The number of methoxy groups -OCH3 is 1. The van der Waals surface area contributed by atoms with E-state index < -0.39 is 0 Å². The molecule has 5 heteroatoms. The molecule has 0 aliphatic heterocycles. The first-order valence-electron chi connectivity index (χ1n) is 10.7. The molecule has 0 saturated carbocycles. The quantitative estimate of drug-likeness (QED) is 0.350. The van der Waals surface area contributed by atoms with Crippen LogP contribution in [0, 0.1) is 6.92 Å². The summed E-state index contributed by atoms with van der Waals surface area (Å²) in [7, 11) is 1.68. The number of aryl methyl sites for hydroxylation is 2. The number of benzene rings is 3. The number of H-pyrrole nitrogens is 1. The molecule has 3 aromatic carbocycles. The molecule has 1 heterocycles. The van der Waals surface area contributed by atoms with Crippen molar-refractivity contribution in [2.75, 3.05) is 13.7 Å². The highest BCUT2D eigenvalue weighted by Crippen LogP contribution is 2.29. The summed E-state index contributed by atoms with van der Waals surface area (Å²) in [5.74, 6) is 2.56. The van der Waals surface area contributed by atoms with Gasteiger partial charge in [0.1, 0.15) is 12.4 Å². The summed E-state index contributed by atoms with van der Waals surface area (Å²) in [5.41, 5.74) is 5.68. The first-order valence-corrected chi connectivity index (χ1v) is 10.7. The number of hydrogen-bond acceptors (Lipinski definition) is 4. The summed E-state index contributed by atoms with van der Waals surface area (Å²) in [4.78, 5) is 8.01. The highest BCUT2D eigenvalue weighted by atomic mass is 16.5. The number of aromatic nitrogens is 2. The van der Waals surface area contributed by atoms with E-state index >= 15 is 0 Å². The zero-order valence-corrected chi connectivity index (χ0v) is 18.2. The molecule has 4 rings (SSSR count). The van der Waals surface area contributed by atoms with Crippen molar-refractivity contribution in [1.29, 1.82) is 0 Å². The van der Waals surface area contributed by atoms with E-state index in [1.165, 1.54) is 11.1 Å². The van der Waals surface area contributed by atoms with Gasteiger partial charge >= 0.3 is 0 Å². The summed E-state index contributed by atoms with van der Waals surface area (Å²) in [5, 5.41) is 3.50. The Labute approximate surface area is 183 Å². The number of rotatable bonds is 10. The summed E-state index contributed by atoms with van der Waals surface area (Å²) in [6, 6.07) is 22.6. The highest BCUT2D eigenvalue weighted by molar-refractivity contribution is 5.74. The van der Waals surface area contributed by atoms with Gasteiger partial charge in [-0.05, 0) is 55.3 Å². The number of para-hydroxylation sites is 2. The van der Waals surface area contributed by atoms with Crippen molar-refractivity contribution >= 4 is 11.0 Å². The second kappa shape index (κ2) is 10.1. The Balaban J connectivity index is 1.24. The number of nitrogens with one attached hydrogen (secondary N) is 2. The maximum Gasteiger partial charge on any atom is 0.161 e. The van der Waals surface area contributed by atoms with Gasteiger partial charge in [-0.25, -0.2) is 4.98 Å². The molecule has 0 aliphatic rings. The van der Waals surface area contributed by atoms with Crippen molar-refractivity contribution in [2.24, 2.45) is 0 Å². The molecule has 0 fully saturated rings. The van der Waals surface area contributed by atoms with Gasteiger partial charge in [-0.1, -0.05) is 48.0 Å². The second-order valence-corrected chi connectivity index (χ2v) is 7.74. The molecule has 160 valence electrons. The number of ether oxygens (including phenoxy) is 2. The van der Waals surface area contributed by atoms with Crippen molar-refractivity contribution in [3.05, 3.63) is 89.2 Å². The predicted molar refractivity (Wildman–Crippen MR) is 125 cm³/mol. The Kier molecular flexibility index (Phi) is 6.85. The molecule has 0 saturated heterocycles. The van der Waals surface area contributed by atoms with Crippen LogP contribution in [0.5, 0.6) is 11.5 Å². The third-order valence-electron chi connectivity index (χ3n) is 5.24. The SMILES string of the molecule is COc1cc(CNCCCc2nc3ccccc3[nH]2)ccc1OCc1cccc(C)c1. The molecule has 0 atom stereocenters. The van der Waals surface area contributed by atoms with Gasteiger partial charge in [0.25, 0.3) is 0 Å². The molecular formula is C26H29N3O2. The monoisotopic (exact) mass is 415 g/mol. The third kappa shape index (κ3) is 5.64. The van der Waals surface area contributed by atoms with Gasteiger partial charge in [-0.2, -0.15) is 0 Å². The molecule has 0 amide bonds.